The number of rotatable bonds is 7. The molecular weight excluding hydrogens is 232 g/mol. The molecule has 18 heavy (non-hydrogen) atoms. The largest absolute Gasteiger partial charge is 0.497 e. The first kappa shape index (κ1) is 14.3. The van der Waals surface area contributed by atoms with Gasteiger partial charge in [0.1, 0.15) is 11.5 Å². The van der Waals surface area contributed by atoms with Gasteiger partial charge in [0.15, 0.2) is 0 Å². The highest BCUT2D eigenvalue weighted by Crippen LogP contribution is 2.23. The van der Waals surface area contributed by atoms with Crippen molar-refractivity contribution in [1.82, 2.24) is 5.32 Å². The minimum Gasteiger partial charge on any atom is -0.497 e. The Morgan fingerprint density at radius 2 is 1.83 bits per heavy atom. The summed E-state index contributed by atoms with van der Waals surface area (Å²) in [6.45, 7) is 0.971. The average Bonchev–Trinajstić information content (AvgIpc) is 2.42. The summed E-state index contributed by atoms with van der Waals surface area (Å²) in [6.07, 6.45) is 1.07. The lowest BCUT2D eigenvalue weighted by Crippen LogP contribution is -2.29. The number of hydrogen-bond donors (Lipinski definition) is 2. The molecule has 0 radical (unpaired) electrons. The molecule has 0 atom stereocenters. The molecule has 0 fully saturated rings. The number of benzene rings is 1. The zero-order chi connectivity index (χ0) is 13.4. The minimum absolute atomic E-state index is 0.00207. The summed E-state index contributed by atoms with van der Waals surface area (Å²) < 4.78 is 10.3. The molecule has 100 valence electrons. The number of hydrogen-bond acceptors (Lipinski definition) is 4. The Morgan fingerprint density at radius 3 is 2.33 bits per heavy atom. The highest BCUT2D eigenvalue weighted by molar-refractivity contribution is 5.76. The van der Waals surface area contributed by atoms with E-state index in [2.05, 4.69) is 5.32 Å². The van der Waals surface area contributed by atoms with Crippen molar-refractivity contribution in [2.45, 2.75) is 12.8 Å². The van der Waals surface area contributed by atoms with Gasteiger partial charge in [0.05, 0.1) is 14.2 Å². The number of methoxy groups -OCH3 is 2. The van der Waals surface area contributed by atoms with Crippen LogP contribution < -0.4 is 20.5 Å². The van der Waals surface area contributed by atoms with Crippen LogP contribution in [0.4, 0.5) is 0 Å². The Kier molecular flexibility index (Phi) is 6.00. The summed E-state index contributed by atoms with van der Waals surface area (Å²) in [6, 6.07) is 5.61. The Morgan fingerprint density at radius 1 is 1.22 bits per heavy atom. The molecule has 1 aromatic rings. The maximum absolute atomic E-state index is 11.5. The SMILES string of the molecule is COc1cc(CCC(=O)NCCN)cc(OC)c1. The van der Waals surface area contributed by atoms with E-state index in [-0.39, 0.29) is 5.91 Å². The van der Waals surface area contributed by atoms with E-state index in [0.29, 0.717) is 25.9 Å². The van der Waals surface area contributed by atoms with Crippen molar-refractivity contribution >= 4 is 5.91 Å². The topological polar surface area (TPSA) is 73.6 Å². The second kappa shape index (κ2) is 7.55. The molecule has 1 amide bonds. The lowest BCUT2D eigenvalue weighted by molar-refractivity contribution is -0.120. The highest BCUT2D eigenvalue weighted by atomic mass is 16.5. The minimum atomic E-state index is 0.00207. The van der Waals surface area contributed by atoms with E-state index in [1.807, 2.05) is 12.1 Å². The van der Waals surface area contributed by atoms with E-state index in [1.165, 1.54) is 0 Å². The van der Waals surface area contributed by atoms with Gasteiger partial charge in [0, 0.05) is 25.6 Å². The Balaban J connectivity index is 2.58. The predicted octanol–water partition coefficient (Wildman–Crippen LogP) is 0.711. The first-order valence-corrected chi connectivity index (χ1v) is 5.88. The number of carbonyl (C=O) groups is 1. The quantitative estimate of drug-likeness (QED) is 0.749. The fraction of sp³-hybridized carbons (Fsp3) is 0.462. The van der Waals surface area contributed by atoms with Crippen LogP contribution in [0.3, 0.4) is 0 Å². The fourth-order valence-electron chi connectivity index (χ4n) is 1.57. The van der Waals surface area contributed by atoms with Crippen LogP contribution in [-0.2, 0) is 11.2 Å². The molecule has 0 heterocycles. The van der Waals surface area contributed by atoms with Crippen LogP contribution in [0.2, 0.25) is 0 Å². The van der Waals surface area contributed by atoms with Gasteiger partial charge in [-0.15, -0.1) is 0 Å². The molecule has 0 saturated carbocycles. The van der Waals surface area contributed by atoms with Gasteiger partial charge < -0.3 is 20.5 Å². The molecule has 1 aromatic carbocycles. The molecule has 0 aromatic heterocycles. The number of nitrogens with two attached hydrogens (primary N) is 1. The number of nitrogens with one attached hydrogen (secondary N) is 1. The standard InChI is InChI=1S/C13H20N2O3/c1-17-11-7-10(8-12(9-11)18-2)3-4-13(16)15-6-5-14/h7-9H,3-6,14H2,1-2H3,(H,15,16). The first-order chi connectivity index (χ1) is 8.69. The van der Waals surface area contributed by atoms with Crippen molar-refractivity contribution in [3.63, 3.8) is 0 Å². The van der Waals surface area contributed by atoms with Crippen LogP contribution in [0.5, 0.6) is 11.5 Å². The van der Waals surface area contributed by atoms with Gasteiger partial charge in [0.25, 0.3) is 0 Å². The lowest BCUT2D eigenvalue weighted by atomic mass is 10.1. The summed E-state index contributed by atoms with van der Waals surface area (Å²) in [7, 11) is 3.21. The zero-order valence-electron chi connectivity index (χ0n) is 10.9. The molecule has 0 aliphatic rings. The van der Waals surface area contributed by atoms with Gasteiger partial charge in [-0.2, -0.15) is 0 Å². The maximum atomic E-state index is 11.5. The summed E-state index contributed by atoms with van der Waals surface area (Å²) in [4.78, 5) is 11.5. The number of ether oxygens (including phenoxy) is 2. The van der Waals surface area contributed by atoms with Crippen LogP contribution in [0, 0.1) is 0 Å². The van der Waals surface area contributed by atoms with Gasteiger partial charge in [-0.1, -0.05) is 0 Å². The molecule has 5 nitrogen and oxygen atoms in total. The monoisotopic (exact) mass is 252 g/mol. The van der Waals surface area contributed by atoms with E-state index in [9.17, 15) is 4.79 Å². The highest BCUT2D eigenvalue weighted by Gasteiger charge is 2.05. The number of amides is 1. The lowest BCUT2D eigenvalue weighted by Gasteiger charge is -2.08. The van der Waals surface area contributed by atoms with E-state index < -0.39 is 0 Å². The molecule has 0 bridgehead atoms. The Bertz CT molecular complexity index is 372. The van der Waals surface area contributed by atoms with Gasteiger partial charge in [-0.05, 0) is 24.1 Å². The smallest absolute Gasteiger partial charge is 0.220 e. The average molecular weight is 252 g/mol. The third-order valence-corrected chi connectivity index (χ3v) is 2.52. The fourth-order valence-corrected chi connectivity index (χ4v) is 1.57. The Labute approximate surface area is 107 Å². The molecule has 0 aliphatic carbocycles. The van der Waals surface area contributed by atoms with E-state index in [0.717, 1.165) is 17.1 Å². The van der Waals surface area contributed by atoms with Crippen LogP contribution in [0.15, 0.2) is 18.2 Å². The predicted molar refractivity (Wildman–Crippen MR) is 69.9 cm³/mol. The third-order valence-electron chi connectivity index (χ3n) is 2.52. The summed E-state index contributed by atoms with van der Waals surface area (Å²) in [5.74, 6) is 1.46. The zero-order valence-corrected chi connectivity index (χ0v) is 10.9. The number of aryl methyl sites for hydroxylation is 1. The molecule has 1 rings (SSSR count). The van der Waals surface area contributed by atoms with E-state index in [1.54, 1.807) is 20.3 Å². The van der Waals surface area contributed by atoms with Crippen LogP contribution in [0.25, 0.3) is 0 Å². The van der Waals surface area contributed by atoms with E-state index >= 15 is 0 Å². The van der Waals surface area contributed by atoms with Crippen molar-refractivity contribution < 1.29 is 14.3 Å². The van der Waals surface area contributed by atoms with Gasteiger partial charge in [0.2, 0.25) is 5.91 Å². The molecule has 5 heteroatoms. The van der Waals surface area contributed by atoms with Crippen molar-refractivity contribution in [2.75, 3.05) is 27.3 Å². The molecule has 0 saturated heterocycles. The molecule has 0 spiro atoms. The molecular formula is C13H20N2O3. The maximum Gasteiger partial charge on any atom is 0.220 e. The summed E-state index contributed by atoms with van der Waals surface area (Å²) in [5.41, 5.74) is 6.32. The molecule has 0 aliphatic heterocycles. The Hall–Kier alpha value is -1.75. The van der Waals surface area contributed by atoms with Crippen molar-refractivity contribution in [3.05, 3.63) is 23.8 Å². The second-order valence-corrected chi connectivity index (χ2v) is 3.86. The molecule has 0 unspecified atom stereocenters. The van der Waals surface area contributed by atoms with Gasteiger partial charge in [-0.25, -0.2) is 0 Å². The van der Waals surface area contributed by atoms with E-state index in [4.69, 9.17) is 15.2 Å². The molecule has 3 N–H and O–H groups in total. The van der Waals surface area contributed by atoms with Crippen LogP contribution >= 0.6 is 0 Å². The van der Waals surface area contributed by atoms with Crippen LogP contribution in [-0.4, -0.2) is 33.2 Å². The third kappa shape index (κ3) is 4.63. The van der Waals surface area contributed by atoms with Crippen molar-refractivity contribution in [3.8, 4) is 11.5 Å². The normalized spacial score (nSPS) is 9.94. The first-order valence-electron chi connectivity index (χ1n) is 5.88. The second-order valence-electron chi connectivity index (χ2n) is 3.86. The summed E-state index contributed by atoms with van der Waals surface area (Å²) >= 11 is 0. The van der Waals surface area contributed by atoms with Gasteiger partial charge >= 0.3 is 0 Å². The van der Waals surface area contributed by atoms with Crippen LogP contribution in [0.1, 0.15) is 12.0 Å². The van der Waals surface area contributed by atoms with Gasteiger partial charge in [-0.3, -0.25) is 4.79 Å². The summed E-state index contributed by atoms with van der Waals surface area (Å²) in [5, 5.41) is 2.73. The van der Waals surface area contributed by atoms with Crippen molar-refractivity contribution in [1.29, 1.82) is 0 Å². The van der Waals surface area contributed by atoms with Crippen molar-refractivity contribution in [2.24, 2.45) is 5.73 Å². The number of carbonyl (C=O) groups excluding carboxylic acids is 1.